The Hall–Kier alpha value is -5.82. The first kappa shape index (κ1) is 38.6. The Morgan fingerprint density at radius 3 is 2.02 bits per heavy atom. The smallest absolute Gasteiger partial charge is 0.335 e. The molecule has 2 atom stereocenters. The quantitative estimate of drug-likeness (QED) is 0.105. The molecule has 20 heteroatoms. The van der Waals surface area contributed by atoms with Crippen molar-refractivity contribution in [1.82, 2.24) is 40.7 Å². The predicted octanol–water partition coefficient (Wildman–Crippen LogP) is 0.576. The van der Waals surface area contributed by atoms with Crippen molar-refractivity contribution in [3.63, 3.8) is 0 Å². The SMILES string of the molecule is O=C(O)CC[C@H](NC(=O)N[C@@H](CCCCNC(=O)N1CCN(C(=O)c2cc(C(=O)O)cc(-n3cc(CCCF)nn3)c2)CC1)C(=O)O)C(=O)O. The van der Waals surface area contributed by atoms with Gasteiger partial charge < -0.3 is 46.2 Å². The number of carbonyl (C=O) groups is 7. The number of rotatable bonds is 18. The number of carboxylic acids is 4. The third kappa shape index (κ3) is 11.7. The Morgan fingerprint density at radius 1 is 0.800 bits per heavy atom. The molecule has 1 aromatic carbocycles. The molecule has 7 N–H and O–H groups in total. The fraction of sp³-hybridized carbons (Fsp3) is 0.500. The van der Waals surface area contributed by atoms with Crippen LogP contribution >= 0.6 is 0 Å². The molecule has 0 saturated carbocycles. The van der Waals surface area contributed by atoms with Gasteiger partial charge in [-0.25, -0.2) is 28.7 Å². The van der Waals surface area contributed by atoms with Gasteiger partial charge in [0.25, 0.3) is 5.91 Å². The summed E-state index contributed by atoms with van der Waals surface area (Å²) in [6.45, 7) is 0.370. The summed E-state index contributed by atoms with van der Waals surface area (Å²) in [7, 11) is 0. The minimum Gasteiger partial charge on any atom is -0.481 e. The van der Waals surface area contributed by atoms with E-state index in [-0.39, 0.29) is 69.5 Å². The van der Waals surface area contributed by atoms with Gasteiger partial charge in [0.1, 0.15) is 12.1 Å². The van der Waals surface area contributed by atoms with Crippen LogP contribution in [0, 0.1) is 0 Å². The van der Waals surface area contributed by atoms with Gasteiger partial charge in [0.15, 0.2) is 0 Å². The number of carboxylic acid groups (broad SMARTS) is 4. The number of unbranched alkanes of at least 4 members (excludes halogenated alkanes) is 1. The molecule has 0 unspecified atom stereocenters. The molecular weight excluding hydrogens is 667 g/mol. The van der Waals surface area contributed by atoms with Crippen molar-refractivity contribution in [1.29, 1.82) is 0 Å². The lowest BCUT2D eigenvalue weighted by atomic mass is 10.1. The minimum absolute atomic E-state index is 0.0335. The van der Waals surface area contributed by atoms with E-state index in [4.69, 9.17) is 10.2 Å². The number of halogens is 1. The van der Waals surface area contributed by atoms with E-state index in [1.54, 1.807) is 0 Å². The maximum Gasteiger partial charge on any atom is 0.335 e. The van der Waals surface area contributed by atoms with Crippen molar-refractivity contribution in [3.8, 4) is 5.69 Å². The Kier molecular flexibility index (Phi) is 14.4. The van der Waals surface area contributed by atoms with Gasteiger partial charge in [0, 0.05) is 44.7 Å². The lowest BCUT2D eigenvalue weighted by Gasteiger charge is -2.34. The van der Waals surface area contributed by atoms with E-state index in [9.17, 15) is 48.2 Å². The predicted molar refractivity (Wildman–Crippen MR) is 169 cm³/mol. The normalized spacial score (nSPS) is 13.9. The van der Waals surface area contributed by atoms with Gasteiger partial charge in [-0.2, -0.15) is 0 Å². The number of alkyl halides is 1. The lowest BCUT2D eigenvalue weighted by Crippen LogP contribution is -2.53. The molecule has 0 spiro atoms. The third-order valence-electron chi connectivity index (χ3n) is 7.69. The van der Waals surface area contributed by atoms with Crippen molar-refractivity contribution in [3.05, 3.63) is 41.2 Å². The highest BCUT2D eigenvalue weighted by Crippen LogP contribution is 2.18. The molecule has 1 aromatic heterocycles. The number of urea groups is 2. The fourth-order valence-corrected chi connectivity index (χ4v) is 4.99. The van der Waals surface area contributed by atoms with E-state index in [1.807, 2.05) is 5.32 Å². The van der Waals surface area contributed by atoms with Crippen molar-refractivity contribution in [2.24, 2.45) is 0 Å². The van der Waals surface area contributed by atoms with Crippen LogP contribution in [0.25, 0.3) is 5.69 Å². The second-order valence-corrected chi connectivity index (χ2v) is 11.4. The summed E-state index contributed by atoms with van der Waals surface area (Å²) in [5.74, 6) is -5.78. The minimum atomic E-state index is -1.52. The summed E-state index contributed by atoms with van der Waals surface area (Å²) >= 11 is 0. The summed E-state index contributed by atoms with van der Waals surface area (Å²) in [5.41, 5.74) is 0.763. The largest absolute Gasteiger partial charge is 0.481 e. The lowest BCUT2D eigenvalue weighted by molar-refractivity contribution is -0.140. The Labute approximate surface area is 284 Å². The molecule has 2 aromatic rings. The molecule has 1 fully saturated rings. The van der Waals surface area contributed by atoms with Gasteiger partial charge in [0.05, 0.1) is 29.8 Å². The number of nitrogens with zero attached hydrogens (tertiary/aromatic N) is 5. The van der Waals surface area contributed by atoms with E-state index in [1.165, 1.54) is 38.9 Å². The van der Waals surface area contributed by atoms with Crippen molar-refractivity contribution in [2.75, 3.05) is 39.4 Å². The number of aryl methyl sites for hydroxylation is 1. The summed E-state index contributed by atoms with van der Waals surface area (Å²) in [5, 5.41) is 51.8. The van der Waals surface area contributed by atoms with Crippen LogP contribution < -0.4 is 16.0 Å². The second-order valence-electron chi connectivity index (χ2n) is 11.4. The number of amides is 5. The molecule has 0 bridgehead atoms. The molecule has 50 heavy (non-hydrogen) atoms. The van der Waals surface area contributed by atoms with Crippen molar-refractivity contribution >= 4 is 41.8 Å². The first-order valence-corrected chi connectivity index (χ1v) is 15.7. The highest BCUT2D eigenvalue weighted by molar-refractivity contribution is 5.98. The summed E-state index contributed by atoms with van der Waals surface area (Å²) in [6, 6.07) is -0.297. The van der Waals surface area contributed by atoms with Crippen LogP contribution in [-0.4, -0.2) is 139 Å². The summed E-state index contributed by atoms with van der Waals surface area (Å²) in [6.07, 6.45) is 1.82. The van der Waals surface area contributed by atoms with Crippen LogP contribution in [0.3, 0.4) is 0 Å². The first-order valence-electron chi connectivity index (χ1n) is 15.7. The summed E-state index contributed by atoms with van der Waals surface area (Å²) in [4.78, 5) is 86.5. The van der Waals surface area contributed by atoms with Crippen molar-refractivity contribution in [2.45, 2.75) is 57.0 Å². The Morgan fingerprint density at radius 2 is 1.42 bits per heavy atom. The van der Waals surface area contributed by atoms with Crippen LogP contribution in [0.4, 0.5) is 14.0 Å². The number of aliphatic carboxylic acids is 3. The number of hydrogen-bond donors (Lipinski definition) is 7. The molecule has 0 radical (unpaired) electrons. The zero-order chi connectivity index (χ0) is 36.8. The van der Waals surface area contributed by atoms with E-state index in [0.29, 0.717) is 24.2 Å². The molecule has 3 rings (SSSR count). The molecule has 5 amide bonds. The maximum atomic E-state index is 13.3. The molecular formula is C30H39FN8O11. The molecule has 2 heterocycles. The number of carbonyl (C=O) groups excluding carboxylic acids is 3. The molecule has 0 aliphatic carbocycles. The van der Waals surface area contributed by atoms with Crippen LogP contribution in [0.15, 0.2) is 24.4 Å². The highest BCUT2D eigenvalue weighted by Gasteiger charge is 2.27. The average Bonchev–Trinajstić information content (AvgIpc) is 3.56. The monoisotopic (exact) mass is 706 g/mol. The number of hydrogen-bond acceptors (Lipinski definition) is 9. The fourth-order valence-electron chi connectivity index (χ4n) is 4.99. The second kappa shape index (κ2) is 18.7. The molecule has 1 aliphatic rings. The van der Waals surface area contributed by atoms with E-state index >= 15 is 0 Å². The van der Waals surface area contributed by atoms with Crippen LogP contribution in [-0.2, 0) is 20.8 Å². The number of benzene rings is 1. The zero-order valence-corrected chi connectivity index (χ0v) is 26.9. The topological polar surface area (TPSA) is 274 Å². The zero-order valence-electron chi connectivity index (χ0n) is 26.9. The number of piperazine rings is 1. The molecule has 19 nitrogen and oxygen atoms in total. The Balaban J connectivity index is 1.45. The maximum absolute atomic E-state index is 13.3. The van der Waals surface area contributed by atoms with Gasteiger partial charge in [-0.1, -0.05) is 5.21 Å². The van der Waals surface area contributed by atoms with Crippen LogP contribution in [0.1, 0.15) is 64.9 Å². The van der Waals surface area contributed by atoms with E-state index in [0.717, 1.165) is 0 Å². The third-order valence-corrected chi connectivity index (χ3v) is 7.69. The molecule has 1 saturated heterocycles. The van der Waals surface area contributed by atoms with Crippen LogP contribution in [0.5, 0.6) is 0 Å². The number of aromatic nitrogens is 3. The van der Waals surface area contributed by atoms with Gasteiger partial charge in [-0.05, 0) is 56.7 Å². The molecule has 272 valence electrons. The van der Waals surface area contributed by atoms with Gasteiger partial charge >= 0.3 is 35.9 Å². The summed E-state index contributed by atoms with van der Waals surface area (Å²) < 4.78 is 13.9. The van der Waals surface area contributed by atoms with Crippen LogP contribution in [0.2, 0.25) is 0 Å². The Bertz CT molecular complexity index is 1560. The van der Waals surface area contributed by atoms with Gasteiger partial charge in [0.2, 0.25) is 0 Å². The van der Waals surface area contributed by atoms with Gasteiger partial charge in [-0.15, -0.1) is 5.10 Å². The number of nitrogens with one attached hydrogen (secondary N) is 3. The first-order chi connectivity index (χ1) is 23.8. The highest BCUT2D eigenvalue weighted by atomic mass is 19.1. The number of aromatic carboxylic acids is 1. The van der Waals surface area contributed by atoms with Gasteiger partial charge in [-0.3, -0.25) is 14.0 Å². The van der Waals surface area contributed by atoms with E-state index in [2.05, 4.69) is 20.9 Å². The van der Waals surface area contributed by atoms with Crippen molar-refractivity contribution < 1.29 is 58.4 Å². The van der Waals surface area contributed by atoms with E-state index < -0.39 is 67.0 Å². The standard InChI is InChI=1S/C30H39FN8O11/c31-8-3-4-20-17-39(36-35-20)21-15-18(14-19(16-21)26(43)44)25(42)37-10-12-38(13-11-37)30(50)32-9-2-1-5-22(27(45)46)33-29(49)34-23(28(47)48)6-7-24(40)41/h14-17,22-23H,1-13H2,(H,32,50)(H,40,41)(H,43,44)(H,45,46)(H,47,48)(H2,33,34,49)/t22-,23-/m0/s1. The molecule has 1 aliphatic heterocycles. The average molecular weight is 707 g/mol.